The van der Waals surface area contributed by atoms with Crippen LogP contribution in [-0.2, 0) is 17.6 Å². The van der Waals surface area contributed by atoms with Crippen molar-refractivity contribution >= 4 is 26.5 Å². The summed E-state index contributed by atoms with van der Waals surface area (Å²) in [6.07, 6.45) is 2.43. The van der Waals surface area contributed by atoms with Crippen molar-refractivity contribution < 1.29 is 4.74 Å². The Morgan fingerprint density at radius 1 is 0.667 bits per heavy atom. The second kappa shape index (κ2) is 8.89. The smallest absolute Gasteiger partial charge is 0.0776 e. The fraction of sp³-hybridized carbons (Fsp3) is 0.500. The molecule has 0 radical (unpaired) electrons. The van der Waals surface area contributed by atoms with Crippen LogP contribution in [0.5, 0.6) is 0 Å². The molecule has 0 aliphatic carbocycles. The number of rotatable bonds is 8. The van der Waals surface area contributed by atoms with Crippen molar-refractivity contribution in [1.29, 1.82) is 0 Å². The van der Waals surface area contributed by atoms with Gasteiger partial charge in [0.15, 0.2) is 0 Å². The van der Waals surface area contributed by atoms with Crippen molar-refractivity contribution in [3.8, 4) is 0 Å². The third-order valence-electron chi connectivity index (χ3n) is 5.10. The van der Waals surface area contributed by atoms with Crippen LogP contribution in [0.1, 0.15) is 25.0 Å². The predicted octanol–water partition coefficient (Wildman–Crippen LogP) is 5.36. The summed E-state index contributed by atoms with van der Waals surface area (Å²) in [6, 6.07) is 18.3. The minimum atomic E-state index is -1.26. The van der Waals surface area contributed by atoms with E-state index in [1.807, 2.05) is 0 Å². The van der Waals surface area contributed by atoms with E-state index in [0.717, 1.165) is 12.8 Å². The molecule has 0 fully saturated rings. The molecule has 0 bridgehead atoms. The van der Waals surface area contributed by atoms with Crippen LogP contribution in [0.25, 0.3) is 0 Å². The summed E-state index contributed by atoms with van der Waals surface area (Å²) in [7, 11) is -2.51. The van der Waals surface area contributed by atoms with Crippen LogP contribution in [0.15, 0.2) is 48.5 Å². The predicted molar refractivity (Wildman–Crippen MR) is 126 cm³/mol. The molecule has 2 atom stereocenters. The maximum atomic E-state index is 6.33. The Bertz CT molecular complexity index is 677. The Balaban J connectivity index is 1.95. The molecule has 2 unspecified atom stereocenters. The van der Waals surface area contributed by atoms with Gasteiger partial charge in [-0.2, -0.15) is 0 Å². The van der Waals surface area contributed by atoms with Crippen LogP contribution < -0.4 is 10.4 Å². The van der Waals surface area contributed by atoms with E-state index in [1.165, 1.54) is 21.5 Å². The molecule has 2 aromatic carbocycles. The second-order valence-corrected chi connectivity index (χ2v) is 20.2. The van der Waals surface area contributed by atoms with E-state index in [1.54, 1.807) is 0 Å². The Hall–Kier alpha value is -1.17. The molecule has 0 spiro atoms. The second-order valence-electron chi connectivity index (χ2n) is 10.1. The van der Waals surface area contributed by atoms with Crippen molar-refractivity contribution in [1.82, 2.24) is 0 Å². The molecule has 0 amide bonds. The van der Waals surface area contributed by atoms with E-state index < -0.39 is 16.1 Å². The van der Waals surface area contributed by atoms with Gasteiger partial charge in [-0.25, -0.2) is 0 Å². The van der Waals surface area contributed by atoms with E-state index >= 15 is 0 Å². The number of ether oxygens (including phenoxy) is 1. The van der Waals surface area contributed by atoms with E-state index in [2.05, 4.69) is 102 Å². The molecular weight excluding hydrogens is 360 g/mol. The average molecular weight is 399 g/mol. The largest absolute Gasteiger partial charge is 0.375 e. The first-order chi connectivity index (χ1) is 12.4. The molecule has 0 heterocycles. The zero-order valence-corrected chi connectivity index (χ0v) is 20.6. The molecule has 27 heavy (non-hydrogen) atoms. The van der Waals surface area contributed by atoms with Gasteiger partial charge in [0.25, 0.3) is 0 Å². The van der Waals surface area contributed by atoms with Gasteiger partial charge in [-0.05, 0) is 37.8 Å². The molecule has 148 valence electrons. The SMILES string of the molecule is CC(Cc1cccc([Si](C)(C)C)c1)OC(C)Cc1cccc([Si](C)(C)C)c1. The Labute approximate surface area is 169 Å². The zero-order chi connectivity index (χ0) is 20.2. The number of benzene rings is 2. The fourth-order valence-electron chi connectivity index (χ4n) is 3.49. The molecule has 1 nitrogen and oxygen atoms in total. The molecule has 0 aliphatic heterocycles. The Kier molecular flexibility index (Phi) is 7.29. The van der Waals surface area contributed by atoms with E-state index in [4.69, 9.17) is 4.74 Å². The van der Waals surface area contributed by atoms with Gasteiger partial charge in [-0.1, -0.05) is 98.2 Å². The lowest BCUT2D eigenvalue weighted by Gasteiger charge is -2.22. The number of hydrogen-bond donors (Lipinski definition) is 0. The van der Waals surface area contributed by atoms with Crippen LogP contribution in [0.3, 0.4) is 0 Å². The van der Waals surface area contributed by atoms with Gasteiger partial charge in [0.1, 0.15) is 0 Å². The monoisotopic (exact) mass is 398 g/mol. The summed E-state index contributed by atoms with van der Waals surface area (Å²) in [5.74, 6) is 0. The number of hydrogen-bond acceptors (Lipinski definition) is 1. The van der Waals surface area contributed by atoms with Crippen molar-refractivity contribution in [3.63, 3.8) is 0 Å². The van der Waals surface area contributed by atoms with Gasteiger partial charge in [-0.3, -0.25) is 0 Å². The summed E-state index contributed by atoms with van der Waals surface area (Å²) in [5.41, 5.74) is 2.80. The summed E-state index contributed by atoms with van der Waals surface area (Å²) in [6.45, 7) is 18.8. The first-order valence-electron chi connectivity index (χ1n) is 10.3. The van der Waals surface area contributed by atoms with Gasteiger partial charge in [0, 0.05) is 0 Å². The summed E-state index contributed by atoms with van der Waals surface area (Å²) < 4.78 is 6.33. The van der Waals surface area contributed by atoms with Gasteiger partial charge < -0.3 is 4.74 Å². The first-order valence-corrected chi connectivity index (χ1v) is 17.3. The van der Waals surface area contributed by atoms with Crippen LogP contribution in [0, 0.1) is 0 Å². The lowest BCUT2D eigenvalue weighted by atomic mass is 10.1. The molecular formula is C24H38OSi2. The van der Waals surface area contributed by atoms with Crippen LogP contribution in [-0.4, -0.2) is 28.4 Å². The maximum Gasteiger partial charge on any atom is 0.0776 e. The van der Waals surface area contributed by atoms with Crippen molar-refractivity contribution in [2.75, 3.05) is 0 Å². The standard InChI is InChI=1S/C24H38OSi2/c1-19(15-21-11-9-13-23(17-21)26(3,4)5)25-20(2)16-22-12-10-14-24(18-22)27(6,7)8/h9-14,17-20H,15-16H2,1-8H3. The minimum absolute atomic E-state index is 0.233. The highest BCUT2D eigenvalue weighted by molar-refractivity contribution is 6.89. The highest BCUT2D eigenvalue weighted by atomic mass is 28.3. The summed E-state index contributed by atoms with van der Waals surface area (Å²) in [4.78, 5) is 0. The van der Waals surface area contributed by atoms with E-state index in [9.17, 15) is 0 Å². The summed E-state index contributed by atoms with van der Waals surface area (Å²) in [5, 5.41) is 3.06. The average Bonchev–Trinajstić information content (AvgIpc) is 2.53. The normalized spacial score (nSPS) is 14.8. The topological polar surface area (TPSA) is 9.23 Å². The zero-order valence-electron chi connectivity index (χ0n) is 18.6. The van der Waals surface area contributed by atoms with Crippen LogP contribution >= 0.6 is 0 Å². The van der Waals surface area contributed by atoms with Crippen LogP contribution in [0.4, 0.5) is 0 Å². The molecule has 3 heteroatoms. The lowest BCUT2D eigenvalue weighted by molar-refractivity contribution is 0.00947. The van der Waals surface area contributed by atoms with Gasteiger partial charge in [0.05, 0.1) is 28.4 Å². The van der Waals surface area contributed by atoms with Gasteiger partial charge >= 0.3 is 0 Å². The van der Waals surface area contributed by atoms with Crippen molar-refractivity contribution in [2.45, 2.75) is 78.2 Å². The molecule has 0 saturated heterocycles. The van der Waals surface area contributed by atoms with E-state index in [-0.39, 0.29) is 12.2 Å². The highest BCUT2D eigenvalue weighted by Gasteiger charge is 2.18. The molecule has 0 saturated carbocycles. The van der Waals surface area contributed by atoms with Crippen molar-refractivity contribution in [2.24, 2.45) is 0 Å². The van der Waals surface area contributed by atoms with Crippen molar-refractivity contribution in [3.05, 3.63) is 59.7 Å². The first kappa shape index (κ1) is 22.1. The fourth-order valence-corrected chi connectivity index (χ4v) is 5.92. The third kappa shape index (κ3) is 7.06. The maximum absolute atomic E-state index is 6.33. The molecule has 0 aliphatic rings. The lowest BCUT2D eigenvalue weighted by Crippen LogP contribution is -2.38. The third-order valence-corrected chi connectivity index (χ3v) is 9.18. The summed E-state index contributed by atoms with van der Waals surface area (Å²) >= 11 is 0. The van der Waals surface area contributed by atoms with E-state index in [0.29, 0.717) is 0 Å². The van der Waals surface area contributed by atoms with Crippen LogP contribution in [0.2, 0.25) is 39.3 Å². The minimum Gasteiger partial charge on any atom is -0.375 e. The Morgan fingerprint density at radius 3 is 1.37 bits per heavy atom. The van der Waals surface area contributed by atoms with Gasteiger partial charge in [-0.15, -0.1) is 0 Å². The molecule has 0 aromatic heterocycles. The Morgan fingerprint density at radius 2 is 1.04 bits per heavy atom. The highest BCUT2D eigenvalue weighted by Crippen LogP contribution is 2.13. The molecule has 2 rings (SSSR count). The molecule has 2 aromatic rings. The quantitative estimate of drug-likeness (QED) is 0.544. The van der Waals surface area contributed by atoms with Gasteiger partial charge in [0.2, 0.25) is 0 Å². The molecule has 0 N–H and O–H groups in total.